The Bertz CT molecular complexity index is 452. The highest BCUT2D eigenvalue weighted by atomic mass is 79.9. The van der Waals surface area contributed by atoms with Gasteiger partial charge in [0.1, 0.15) is 0 Å². The minimum absolute atomic E-state index is 0.135. The largest absolute Gasteiger partial charge is 0.466 e. The number of ether oxygens (including phenoxy) is 1. The molecule has 110 valence electrons. The molecule has 0 unspecified atom stereocenters. The van der Waals surface area contributed by atoms with Gasteiger partial charge in [0.25, 0.3) is 5.91 Å². The first-order chi connectivity index (χ1) is 9.63. The number of amides is 1. The van der Waals surface area contributed by atoms with Gasteiger partial charge in [0, 0.05) is 29.8 Å². The van der Waals surface area contributed by atoms with E-state index in [2.05, 4.69) is 26.2 Å². The number of nitrogens with one attached hydrogen (secondary N) is 1. The molecule has 0 bridgehead atoms. The fraction of sp³-hybridized carbons (Fsp3) is 0.500. The van der Waals surface area contributed by atoms with Gasteiger partial charge in [-0.05, 0) is 41.8 Å². The Morgan fingerprint density at radius 3 is 2.80 bits per heavy atom. The maximum absolute atomic E-state index is 11.8. The Balaban J connectivity index is 2.12. The summed E-state index contributed by atoms with van der Waals surface area (Å²) in [6.07, 6.45) is 6.11. The summed E-state index contributed by atoms with van der Waals surface area (Å²) in [5.41, 5.74) is 0.533. The van der Waals surface area contributed by atoms with Crippen molar-refractivity contribution in [3.8, 4) is 0 Å². The molecule has 0 aliphatic rings. The number of aromatic nitrogens is 1. The molecular formula is C14H19BrN2O3. The van der Waals surface area contributed by atoms with E-state index in [4.69, 9.17) is 4.74 Å². The monoisotopic (exact) mass is 342 g/mol. The van der Waals surface area contributed by atoms with Crippen LogP contribution in [-0.4, -0.2) is 30.0 Å². The summed E-state index contributed by atoms with van der Waals surface area (Å²) in [6.45, 7) is 2.81. The average molecular weight is 343 g/mol. The second-order valence-electron chi connectivity index (χ2n) is 4.26. The molecule has 0 atom stereocenters. The summed E-state index contributed by atoms with van der Waals surface area (Å²) in [6, 6.07) is 1.73. The zero-order valence-electron chi connectivity index (χ0n) is 11.5. The van der Waals surface area contributed by atoms with E-state index < -0.39 is 0 Å². The van der Waals surface area contributed by atoms with Crippen LogP contribution in [0.15, 0.2) is 22.9 Å². The van der Waals surface area contributed by atoms with E-state index >= 15 is 0 Å². The molecular weight excluding hydrogens is 324 g/mol. The minimum Gasteiger partial charge on any atom is -0.466 e. The second-order valence-corrected chi connectivity index (χ2v) is 5.18. The molecule has 1 heterocycles. The smallest absolute Gasteiger partial charge is 0.305 e. The lowest BCUT2D eigenvalue weighted by atomic mass is 10.2. The summed E-state index contributed by atoms with van der Waals surface area (Å²) in [7, 11) is 0. The van der Waals surface area contributed by atoms with Gasteiger partial charge in [-0.15, -0.1) is 0 Å². The Labute approximate surface area is 127 Å². The van der Waals surface area contributed by atoms with Crippen molar-refractivity contribution in [2.45, 2.75) is 32.6 Å². The van der Waals surface area contributed by atoms with Gasteiger partial charge in [0.05, 0.1) is 12.2 Å². The van der Waals surface area contributed by atoms with Crippen LogP contribution in [0.1, 0.15) is 43.0 Å². The standard InChI is InChI=1S/C14H19BrN2O3/c1-2-20-13(18)6-4-3-5-7-17-14(19)11-8-12(15)10-16-9-11/h8-10H,2-7H2,1H3,(H,17,19). The van der Waals surface area contributed by atoms with E-state index in [1.54, 1.807) is 19.2 Å². The normalized spacial score (nSPS) is 10.1. The van der Waals surface area contributed by atoms with Crippen molar-refractivity contribution in [1.29, 1.82) is 0 Å². The lowest BCUT2D eigenvalue weighted by Crippen LogP contribution is -2.24. The highest BCUT2D eigenvalue weighted by Gasteiger charge is 2.05. The van der Waals surface area contributed by atoms with Crippen LogP contribution < -0.4 is 5.32 Å². The van der Waals surface area contributed by atoms with Gasteiger partial charge in [-0.2, -0.15) is 0 Å². The molecule has 1 aromatic rings. The first-order valence-corrected chi connectivity index (χ1v) is 7.47. The Morgan fingerprint density at radius 1 is 1.30 bits per heavy atom. The first kappa shape index (κ1) is 16.6. The molecule has 1 N–H and O–H groups in total. The van der Waals surface area contributed by atoms with Crippen molar-refractivity contribution in [3.05, 3.63) is 28.5 Å². The molecule has 6 heteroatoms. The van der Waals surface area contributed by atoms with Crippen LogP contribution in [0, 0.1) is 0 Å². The van der Waals surface area contributed by atoms with E-state index in [0.29, 0.717) is 25.1 Å². The molecule has 0 fully saturated rings. The Morgan fingerprint density at radius 2 is 2.10 bits per heavy atom. The van der Waals surface area contributed by atoms with Crippen LogP contribution in [0.5, 0.6) is 0 Å². The molecule has 0 radical (unpaired) electrons. The van der Waals surface area contributed by atoms with Crippen molar-refractivity contribution in [1.82, 2.24) is 10.3 Å². The Hall–Kier alpha value is -1.43. The van der Waals surface area contributed by atoms with Crippen molar-refractivity contribution in [2.75, 3.05) is 13.2 Å². The molecule has 1 aromatic heterocycles. The summed E-state index contributed by atoms with van der Waals surface area (Å²) in [5, 5.41) is 2.82. The number of hydrogen-bond acceptors (Lipinski definition) is 4. The molecule has 0 aromatic carbocycles. The average Bonchev–Trinajstić information content (AvgIpc) is 2.42. The van der Waals surface area contributed by atoms with Gasteiger partial charge in [0.2, 0.25) is 0 Å². The second kappa shape index (κ2) is 9.47. The summed E-state index contributed by atoms with van der Waals surface area (Å²) in [5.74, 6) is -0.291. The molecule has 5 nitrogen and oxygen atoms in total. The van der Waals surface area contributed by atoms with Crippen LogP contribution in [-0.2, 0) is 9.53 Å². The minimum atomic E-state index is -0.156. The third-order valence-corrected chi connectivity index (χ3v) is 3.05. The van der Waals surface area contributed by atoms with Gasteiger partial charge >= 0.3 is 5.97 Å². The van der Waals surface area contributed by atoms with Crippen molar-refractivity contribution in [3.63, 3.8) is 0 Å². The molecule has 0 saturated carbocycles. The summed E-state index contributed by atoms with van der Waals surface area (Å²) in [4.78, 5) is 26.8. The molecule has 0 aliphatic carbocycles. The highest BCUT2D eigenvalue weighted by molar-refractivity contribution is 9.10. The fourth-order valence-corrected chi connectivity index (χ4v) is 2.01. The van der Waals surface area contributed by atoms with E-state index in [9.17, 15) is 9.59 Å². The maximum Gasteiger partial charge on any atom is 0.305 e. The number of hydrogen-bond donors (Lipinski definition) is 1. The predicted octanol–water partition coefficient (Wildman–Crippen LogP) is 2.70. The fourth-order valence-electron chi connectivity index (χ4n) is 1.64. The third kappa shape index (κ3) is 6.65. The Kier molecular flexibility index (Phi) is 7.87. The van der Waals surface area contributed by atoms with Crippen LogP contribution in [0.25, 0.3) is 0 Å². The zero-order valence-corrected chi connectivity index (χ0v) is 13.1. The number of pyridine rings is 1. The number of halogens is 1. The van der Waals surface area contributed by atoms with Crippen LogP contribution in [0.2, 0.25) is 0 Å². The number of carbonyl (C=O) groups excluding carboxylic acids is 2. The van der Waals surface area contributed by atoms with Crippen molar-refractivity contribution in [2.24, 2.45) is 0 Å². The third-order valence-electron chi connectivity index (χ3n) is 2.62. The van der Waals surface area contributed by atoms with Crippen molar-refractivity contribution < 1.29 is 14.3 Å². The lowest BCUT2D eigenvalue weighted by molar-refractivity contribution is -0.143. The van der Waals surface area contributed by atoms with Gasteiger partial charge < -0.3 is 10.1 Å². The molecule has 20 heavy (non-hydrogen) atoms. The molecule has 0 spiro atoms. The zero-order chi connectivity index (χ0) is 14.8. The predicted molar refractivity (Wildman–Crippen MR) is 79.4 cm³/mol. The number of carbonyl (C=O) groups is 2. The van der Waals surface area contributed by atoms with E-state index in [-0.39, 0.29) is 11.9 Å². The number of nitrogens with zero attached hydrogens (tertiary/aromatic N) is 1. The number of esters is 1. The quantitative estimate of drug-likeness (QED) is 0.582. The number of unbranched alkanes of at least 4 members (excludes halogenated alkanes) is 2. The van der Waals surface area contributed by atoms with Crippen molar-refractivity contribution >= 4 is 27.8 Å². The molecule has 1 rings (SSSR count). The van der Waals surface area contributed by atoms with Crippen LogP contribution in [0.4, 0.5) is 0 Å². The van der Waals surface area contributed by atoms with E-state index in [1.807, 2.05) is 0 Å². The van der Waals surface area contributed by atoms with Gasteiger partial charge in [-0.25, -0.2) is 0 Å². The molecule has 1 amide bonds. The maximum atomic E-state index is 11.8. The van der Waals surface area contributed by atoms with Gasteiger partial charge in [0.15, 0.2) is 0 Å². The molecule has 0 saturated heterocycles. The highest BCUT2D eigenvalue weighted by Crippen LogP contribution is 2.09. The first-order valence-electron chi connectivity index (χ1n) is 6.68. The van der Waals surface area contributed by atoms with Gasteiger partial charge in [-0.1, -0.05) is 6.42 Å². The van der Waals surface area contributed by atoms with Crippen LogP contribution in [0.3, 0.4) is 0 Å². The summed E-state index contributed by atoms with van der Waals surface area (Å²) >= 11 is 3.27. The topological polar surface area (TPSA) is 68.3 Å². The van der Waals surface area contributed by atoms with Gasteiger partial charge in [-0.3, -0.25) is 14.6 Å². The number of rotatable bonds is 8. The summed E-state index contributed by atoms with van der Waals surface area (Å²) < 4.78 is 5.61. The molecule has 0 aliphatic heterocycles. The van der Waals surface area contributed by atoms with Crippen LogP contribution >= 0.6 is 15.9 Å². The SMILES string of the molecule is CCOC(=O)CCCCCNC(=O)c1cncc(Br)c1. The lowest BCUT2D eigenvalue weighted by Gasteiger charge is -2.05. The van der Waals surface area contributed by atoms with E-state index in [0.717, 1.165) is 23.7 Å². The van der Waals surface area contributed by atoms with E-state index in [1.165, 1.54) is 6.20 Å².